The van der Waals surface area contributed by atoms with Crippen LogP contribution < -0.4 is 5.32 Å². The van der Waals surface area contributed by atoms with Crippen molar-refractivity contribution >= 4 is 11.8 Å². The van der Waals surface area contributed by atoms with Gasteiger partial charge in [-0.3, -0.25) is 9.59 Å². The summed E-state index contributed by atoms with van der Waals surface area (Å²) in [6.07, 6.45) is 3.12. The second-order valence-corrected chi connectivity index (χ2v) is 5.72. The van der Waals surface area contributed by atoms with E-state index in [1.54, 1.807) is 0 Å². The molecule has 0 aliphatic carbocycles. The molecule has 1 aromatic rings. The van der Waals surface area contributed by atoms with Crippen LogP contribution in [0.2, 0.25) is 0 Å². The number of benzene rings is 1. The molecule has 22 heavy (non-hydrogen) atoms. The van der Waals surface area contributed by atoms with Gasteiger partial charge in [0.25, 0.3) is 0 Å². The van der Waals surface area contributed by atoms with Crippen molar-refractivity contribution < 1.29 is 14.3 Å². The minimum absolute atomic E-state index is 0.00751. The molecule has 0 spiro atoms. The van der Waals surface area contributed by atoms with Crippen LogP contribution in [0.15, 0.2) is 30.3 Å². The summed E-state index contributed by atoms with van der Waals surface area (Å²) in [5, 5.41) is 2.58. The topological polar surface area (TPSA) is 58.6 Å². The molecule has 1 heterocycles. The number of carbonyl (C=O) groups excluding carboxylic acids is 2. The van der Waals surface area contributed by atoms with E-state index >= 15 is 0 Å². The number of piperidine rings is 1. The van der Waals surface area contributed by atoms with Crippen molar-refractivity contribution in [2.45, 2.75) is 19.3 Å². The molecule has 2 amide bonds. The zero-order valence-corrected chi connectivity index (χ0v) is 13.1. The highest BCUT2D eigenvalue weighted by Gasteiger charge is 2.22. The van der Waals surface area contributed by atoms with Gasteiger partial charge in [-0.1, -0.05) is 30.3 Å². The van der Waals surface area contributed by atoms with Crippen LogP contribution in [0.5, 0.6) is 0 Å². The Hall–Kier alpha value is -1.88. The van der Waals surface area contributed by atoms with Crippen molar-refractivity contribution in [2.24, 2.45) is 5.92 Å². The molecule has 1 fully saturated rings. The molecule has 1 aliphatic heterocycles. The smallest absolute Gasteiger partial charge is 0.246 e. The average Bonchev–Trinajstić information content (AvgIpc) is 2.54. The summed E-state index contributed by atoms with van der Waals surface area (Å²) < 4.78 is 4.72. The Bertz CT molecular complexity index is 482. The van der Waals surface area contributed by atoms with Crippen molar-refractivity contribution in [2.75, 3.05) is 33.4 Å². The summed E-state index contributed by atoms with van der Waals surface area (Å²) in [7, 11) is 1.46. The van der Waals surface area contributed by atoms with E-state index in [0.29, 0.717) is 5.92 Å². The highest BCUT2D eigenvalue weighted by molar-refractivity contribution is 5.85. The lowest BCUT2D eigenvalue weighted by Crippen LogP contribution is -2.44. The van der Waals surface area contributed by atoms with E-state index in [1.165, 1.54) is 12.7 Å². The van der Waals surface area contributed by atoms with Crippen molar-refractivity contribution in [3.63, 3.8) is 0 Å². The van der Waals surface area contributed by atoms with E-state index in [-0.39, 0.29) is 25.0 Å². The van der Waals surface area contributed by atoms with E-state index in [2.05, 4.69) is 29.6 Å². The van der Waals surface area contributed by atoms with E-state index in [9.17, 15) is 9.59 Å². The largest absolute Gasteiger partial charge is 0.375 e. The Morgan fingerprint density at radius 3 is 2.55 bits per heavy atom. The summed E-state index contributed by atoms with van der Waals surface area (Å²) in [5.74, 6) is 0.368. The number of likely N-dealkylation sites (tertiary alicyclic amines) is 1. The lowest BCUT2D eigenvalue weighted by Gasteiger charge is -2.32. The highest BCUT2D eigenvalue weighted by Crippen LogP contribution is 2.21. The fraction of sp³-hybridized carbons (Fsp3) is 0.529. The number of hydrogen-bond acceptors (Lipinski definition) is 3. The molecule has 1 aliphatic rings. The SMILES string of the molecule is COCC(=O)NCC(=O)N1CCC(Cc2ccccc2)CC1. The average molecular weight is 304 g/mol. The van der Waals surface area contributed by atoms with Crippen LogP contribution in [0.3, 0.4) is 0 Å². The van der Waals surface area contributed by atoms with E-state index in [4.69, 9.17) is 4.74 Å². The summed E-state index contributed by atoms with van der Waals surface area (Å²) >= 11 is 0. The van der Waals surface area contributed by atoms with Crippen molar-refractivity contribution in [3.8, 4) is 0 Å². The number of hydrogen-bond donors (Lipinski definition) is 1. The summed E-state index contributed by atoms with van der Waals surface area (Å²) in [6.45, 7) is 1.60. The minimum Gasteiger partial charge on any atom is -0.375 e. The number of nitrogens with zero attached hydrogens (tertiary/aromatic N) is 1. The maximum Gasteiger partial charge on any atom is 0.246 e. The van der Waals surface area contributed by atoms with Gasteiger partial charge < -0.3 is 15.0 Å². The van der Waals surface area contributed by atoms with Crippen LogP contribution in [0.4, 0.5) is 0 Å². The second kappa shape index (κ2) is 8.54. The fourth-order valence-electron chi connectivity index (χ4n) is 2.80. The number of carbonyl (C=O) groups is 2. The van der Waals surface area contributed by atoms with Gasteiger partial charge in [-0.25, -0.2) is 0 Å². The molecule has 0 aromatic heterocycles. The minimum atomic E-state index is -0.255. The zero-order chi connectivity index (χ0) is 15.8. The van der Waals surface area contributed by atoms with Crippen molar-refractivity contribution in [1.82, 2.24) is 10.2 Å². The Morgan fingerprint density at radius 2 is 1.91 bits per heavy atom. The van der Waals surface area contributed by atoms with Gasteiger partial charge in [-0.15, -0.1) is 0 Å². The Labute approximate surface area is 131 Å². The van der Waals surface area contributed by atoms with Gasteiger partial charge >= 0.3 is 0 Å². The van der Waals surface area contributed by atoms with Gasteiger partial charge in [0.15, 0.2) is 0 Å². The third-order valence-corrected chi connectivity index (χ3v) is 4.05. The van der Waals surface area contributed by atoms with Gasteiger partial charge in [0.1, 0.15) is 6.61 Å². The quantitative estimate of drug-likeness (QED) is 0.860. The second-order valence-electron chi connectivity index (χ2n) is 5.72. The Balaban J connectivity index is 1.70. The maximum atomic E-state index is 12.0. The number of nitrogens with one attached hydrogen (secondary N) is 1. The predicted octanol–water partition coefficient (Wildman–Crippen LogP) is 1.23. The van der Waals surface area contributed by atoms with Gasteiger partial charge in [0, 0.05) is 20.2 Å². The summed E-state index contributed by atoms with van der Waals surface area (Å²) in [5.41, 5.74) is 1.36. The van der Waals surface area contributed by atoms with Gasteiger partial charge in [-0.2, -0.15) is 0 Å². The molecule has 1 N–H and O–H groups in total. The normalized spacial score (nSPS) is 15.6. The van der Waals surface area contributed by atoms with Gasteiger partial charge in [0.2, 0.25) is 11.8 Å². The van der Waals surface area contributed by atoms with Crippen LogP contribution in [-0.4, -0.2) is 50.1 Å². The number of rotatable bonds is 6. The molecule has 0 unspecified atom stereocenters. The van der Waals surface area contributed by atoms with E-state index in [0.717, 1.165) is 32.4 Å². The zero-order valence-electron chi connectivity index (χ0n) is 13.1. The van der Waals surface area contributed by atoms with E-state index < -0.39 is 0 Å². The number of amides is 2. The van der Waals surface area contributed by atoms with Crippen LogP contribution in [0, 0.1) is 5.92 Å². The van der Waals surface area contributed by atoms with Crippen molar-refractivity contribution in [1.29, 1.82) is 0 Å². The molecule has 1 saturated heterocycles. The van der Waals surface area contributed by atoms with Crippen LogP contribution >= 0.6 is 0 Å². The number of methoxy groups -OCH3 is 1. The molecular formula is C17H24N2O3. The maximum absolute atomic E-state index is 12.0. The van der Waals surface area contributed by atoms with Crippen LogP contribution in [-0.2, 0) is 20.7 Å². The third-order valence-electron chi connectivity index (χ3n) is 4.05. The molecule has 120 valence electrons. The lowest BCUT2D eigenvalue weighted by atomic mass is 9.90. The standard InChI is InChI=1S/C17H24N2O3/c1-22-13-16(20)18-12-17(21)19-9-7-15(8-10-19)11-14-5-3-2-4-6-14/h2-6,15H,7-13H2,1H3,(H,18,20). The fourth-order valence-corrected chi connectivity index (χ4v) is 2.80. The van der Waals surface area contributed by atoms with Crippen LogP contribution in [0.25, 0.3) is 0 Å². The molecule has 0 saturated carbocycles. The molecule has 5 nitrogen and oxygen atoms in total. The molecule has 5 heteroatoms. The summed E-state index contributed by atoms with van der Waals surface area (Å²) in [6, 6.07) is 10.5. The van der Waals surface area contributed by atoms with Crippen molar-refractivity contribution in [3.05, 3.63) is 35.9 Å². The van der Waals surface area contributed by atoms with Gasteiger partial charge in [0.05, 0.1) is 6.54 Å². The first-order chi connectivity index (χ1) is 10.7. The highest BCUT2D eigenvalue weighted by atomic mass is 16.5. The molecule has 0 radical (unpaired) electrons. The molecule has 0 bridgehead atoms. The Kier molecular flexibility index (Phi) is 6.40. The number of ether oxygens (including phenoxy) is 1. The van der Waals surface area contributed by atoms with Crippen LogP contribution in [0.1, 0.15) is 18.4 Å². The Morgan fingerprint density at radius 1 is 1.23 bits per heavy atom. The van der Waals surface area contributed by atoms with E-state index in [1.807, 2.05) is 11.0 Å². The predicted molar refractivity (Wildman–Crippen MR) is 84.3 cm³/mol. The summed E-state index contributed by atoms with van der Waals surface area (Å²) in [4.78, 5) is 25.2. The first kappa shape index (κ1) is 16.5. The molecule has 0 atom stereocenters. The van der Waals surface area contributed by atoms with Gasteiger partial charge in [-0.05, 0) is 30.7 Å². The third kappa shape index (κ3) is 5.15. The monoisotopic (exact) mass is 304 g/mol. The molecule has 1 aromatic carbocycles. The molecular weight excluding hydrogens is 280 g/mol. The lowest BCUT2D eigenvalue weighted by molar-refractivity contribution is -0.134. The molecule has 2 rings (SSSR count). The first-order valence-corrected chi connectivity index (χ1v) is 7.76. The first-order valence-electron chi connectivity index (χ1n) is 7.76.